The third kappa shape index (κ3) is 2.56. The molecule has 2 rings (SSSR count). The number of anilines is 1. The Morgan fingerprint density at radius 2 is 2.33 bits per heavy atom. The molecular formula is C13H18N2O3. The summed E-state index contributed by atoms with van der Waals surface area (Å²) in [6, 6.07) is 4.78. The number of carbonyl (C=O) groups is 1. The summed E-state index contributed by atoms with van der Waals surface area (Å²) in [5.74, 6) is -0.749. The predicted molar refractivity (Wildman–Crippen MR) is 69.0 cm³/mol. The molecule has 1 aromatic carbocycles. The number of carboxylic acid groups (broad SMARTS) is 1. The number of nitrogens with one attached hydrogen (secondary N) is 1. The summed E-state index contributed by atoms with van der Waals surface area (Å²) >= 11 is 0. The van der Waals surface area contributed by atoms with E-state index in [4.69, 9.17) is 15.6 Å². The summed E-state index contributed by atoms with van der Waals surface area (Å²) in [5, 5.41) is 12.4. The summed E-state index contributed by atoms with van der Waals surface area (Å²) in [6.07, 6.45) is 1.89. The molecule has 5 nitrogen and oxygen atoms in total. The van der Waals surface area contributed by atoms with E-state index in [9.17, 15) is 4.79 Å². The second-order valence-electron chi connectivity index (χ2n) is 4.86. The van der Waals surface area contributed by atoms with Crippen molar-refractivity contribution in [3.63, 3.8) is 0 Å². The molecular weight excluding hydrogens is 232 g/mol. The second kappa shape index (κ2) is 4.86. The number of nitrogens with two attached hydrogens (primary N) is 1. The van der Waals surface area contributed by atoms with Crippen LogP contribution in [0.1, 0.15) is 30.1 Å². The fourth-order valence-corrected chi connectivity index (χ4v) is 2.20. The fourth-order valence-electron chi connectivity index (χ4n) is 2.20. The van der Waals surface area contributed by atoms with Gasteiger partial charge >= 0.3 is 5.97 Å². The third-order valence-corrected chi connectivity index (χ3v) is 3.18. The summed E-state index contributed by atoms with van der Waals surface area (Å²) in [7, 11) is 0. The van der Waals surface area contributed by atoms with E-state index < -0.39 is 11.6 Å². The van der Waals surface area contributed by atoms with Crippen LogP contribution in [-0.4, -0.2) is 29.8 Å². The molecule has 18 heavy (non-hydrogen) atoms. The van der Waals surface area contributed by atoms with Gasteiger partial charge in [-0.3, -0.25) is 0 Å². The maximum Gasteiger partial charge on any atom is 0.339 e. The van der Waals surface area contributed by atoms with Crippen LogP contribution in [0.4, 0.5) is 5.69 Å². The van der Waals surface area contributed by atoms with Crippen LogP contribution in [0, 0.1) is 0 Å². The number of ether oxygens (including phenoxy) is 1. The van der Waals surface area contributed by atoms with Crippen LogP contribution < -0.4 is 15.8 Å². The van der Waals surface area contributed by atoms with Gasteiger partial charge in [0, 0.05) is 6.54 Å². The Bertz CT molecular complexity index is 454. The van der Waals surface area contributed by atoms with E-state index in [0.29, 0.717) is 12.2 Å². The lowest BCUT2D eigenvalue weighted by Crippen LogP contribution is -2.47. The van der Waals surface area contributed by atoms with Crippen molar-refractivity contribution in [3.8, 4) is 5.75 Å². The molecule has 0 aromatic heterocycles. The van der Waals surface area contributed by atoms with Gasteiger partial charge in [0.15, 0.2) is 5.75 Å². The topological polar surface area (TPSA) is 84.6 Å². The van der Waals surface area contributed by atoms with E-state index in [1.165, 1.54) is 6.07 Å². The Labute approximate surface area is 106 Å². The maximum absolute atomic E-state index is 11.2. The summed E-state index contributed by atoms with van der Waals surface area (Å²) in [5.41, 5.74) is 5.90. The molecule has 1 heterocycles. The van der Waals surface area contributed by atoms with Crippen molar-refractivity contribution in [1.82, 2.24) is 5.32 Å². The van der Waals surface area contributed by atoms with Crippen molar-refractivity contribution < 1.29 is 14.6 Å². The minimum absolute atomic E-state index is 0.113. The average molecular weight is 250 g/mol. The molecule has 0 amide bonds. The highest BCUT2D eigenvalue weighted by molar-refractivity contribution is 5.93. The molecule has 1 unspecified atom stereocenters. The molecule has 1 aliphatic heterocycles. The maximum atomic E-state index is 11.2. The standard InChI is InChI=1S/C13H18N2O3/c1-13(6-3-7-15-8-13)18-11-9(12(16)17)4-2-5-10(11)14/h2,4-5,15H,3,6-8,14H2,1H3,(H,16,17). The normalized spacial score (nSPS) is 23.6. The molecule has 0 radical (unpaired) electrons. The highest BCUT2D eigenvalue weighted by Gasteiger charge is 2.31. The highest BCUT2D eigenvalue weighted by atomic mass is 16.5. The number of carboxylic acids is 1. The first-order valence-electron chi connectivity index (χ1n) is 6.03. The molecule has 5 heteroatoms. The SMILES string of the molecule is CC1(Oc2c(N)cccc2C(=O)O)CCCNC1. The number of nitrogen functional groups attached to an aromatic ring is 1. The van der Waals surface area contributed by atoms with Gasteiger partial charge in [-0.2, -0.15) is 0 Å². The minimum Gasteiger partial charge on any atom is -0.483 e. The van der Waals surface area contributed by atoms with Crippen molar-refractivity contribution in [2.45, 2.75) is 25.4 Å². The van der Waals surface area contributed by atoms with Gasteiger partial charge in [0.05, 0.1) is 5.69 Å². The van der Waals surface area contributed by atoms with E-state index in [1.54, 1.807) is 12.1 Å². The first-order chi connectivity index (χ1) is 8.52. The molecule has 0 spiro atoms. The molecule has 0 bridgehead atoms. The lowest BCUT2D eigenvalue weighted by atomic mass is 9.96. The Morgan fingerprint density at radius 1 is 1.56 bits per heavy atom. The highest BCUT2D eigenvalue weighted by Crippen LogP contribution is 2.32. The molecule has 1 atom stereocenters. The van der Waals surface area contributed by atoms with E-state index in [1.807, 2.05) is 6.92 Å². The van der Waals surface area contributed by atoms with Crippen LogP contribution in [0.2, 0.25) is 0 Å². The van der Waals surface area contributed by atoms with Crippen LogP contribution in [0.3, 0.4) is 0 Å². The van der Waals surface area contributed by atoms with Crippen molar-refractivity contribution in [3.05, 3.63) is 23.8 Å². The van der Waals surface area contributed by atoms with Crippen molar-refractivity contribution >= 4 is 11.7 Å². The second-order valence-corrected chi connectivity index (χ2v) is 4.86. The molecule has 98 valence electrons. The average Bonchev–Trinajstić information content (AvgIpc) is 2.32. The fraction of sp³-hybridized carbons (Fsp3) is 0.462. The lowest BCUT2D eigenvalue weighted by Gasteiger charge is -2.35. The zero-order valence-corrected chi connectivity index (χ0v) is 10.4. The molecule has 4 N–H and O–H groups in total. The van der Waals surface area contributed by atoms with Gasteiger partial charge in [0.2, 0.25) is 0 Å². The largest absolute Gasteiger partial charge is 0.483 e. The third-order valence-electron chi connectivity index (χ3n) is 3.18. The van der Waals surface area contributed by atoms with Gasteiger partial charge in [-0.1, -0.05) is 6.07 Å². The molecule has 1 aliphatic rings. The summed E-state index contributed by atoms with van der Waals surface area (Å²) in [6.45, 7) is 3.63. The smallest absolute Gasteiger partial charge is 0.339 e. The number of hydrogen-bond donors (Lipinski definition) is 3. The first-order valence-corrected chi connectivity index (χ1v) is 6.03. The summed E-state index contributed by atoms with van der Waals surface area (Å²) in [4.78, 5) is 11.2. The van der Waals surface area contributed by atoms with Crippen LogP contribution in [0.25, 0.3) is 0 Å². The van der Waals surface area contributed by atoms with Crippen LogP contribution in [0.5, 0.6) is 5.75 Å². The Balaban J connectivity index is 2.30. The van der Waals surface area contributed by atoms with Crippen molar-refractivity contribution in [1.29, 1.82) is 0 Å². The van der Waals surface area contributed by atoms with E-state index in [-0.39, 0.29) is 11.3 Å². The van der Waals surface area contributed by atoms with Gasteiger partial charge in [-0.15, -0.1) is 0 Å². The zero-order valence-electron chi connectivity index (χ0n) is 10.4. The Kier molecular flexibility index (Phi) is 3.43. The van der Waals surface area contributed by atoms with E-state index in [2.05, 4.69) is 5.32 Å². The van der Waals surface area contributed by atoms with Crippen LogP contribution in [0.15, 0.2) is 18.2 Å². The summed E-state index contributed by atoms with van der Waals surface area (Å²) < 4.78 is 5.90. The number of hydrogen-bond acceptors (Lipinski definition) is 4. The number of piperidine rings is 1. The Morgan fingerprint density at radius 3 is 2.94 bits per heavy atom. The van der Waals surface area contributed by atoms with Gasteiger partial charge in [-0.05, 0) is 38.4 Å². The number of para-hydroxylation sites is 1. The van der Waals surface area contributed by atoms with Crippen molar-refractivity contribution in [2.75, 3.05) is 18.8 Å². The van der Waals surface area contributed by atoms with Gasteiger partial charge in [0.1, 0.15) is 11.2 Å². The van der Waals surface area contributed by atoms with Gasteiger partial charge in [0.25, 0.3) is 0 Å². The molecule has 1 saturated heterocycles. The first kappa shape index (κ1) is 12.7. The lowest BCUT2D eigenvalue weighted by molar-refractivity contribution is 0.0561. The monoisotopic (exact) mass is 250 g/mol. The quantitative estimate of drug-likeness (QED) is 0.708. The van der Waals surface area contributed by atoms with Crippen molar-refractivity contribution in [2.24, 2.45) is 0 Å². The molecule has 1 aromatic rings. The number of rotatable bonds is 3. The van der Waals surface area contributed by atoms with Crippen LogP contribution in [-0.2, 0) is 0 Å². The molecule has 0 saturated carbocycles. The minimum atomic E-state index is -1.02. The number of benzene rings is 1. The molecule has 0 aliphatic carbocycles. The number of aromatic carboxylic acids is 1. The Hall–Kier alpha value is -1.75. The van der Waals surface area contributed by atoms with E-state index >= 15 is 0 Å². The van der Waals surface area contributed by atoms with Gasteiger partial charge in [-0.25, -0.2) is 4.79 Å². The van der Waals surface area contributed by atoms with E-state index in [0.717, 1.165) is 19.4 Å². The zero-order chi connectivity index (χ0) is 13.2. The van der Waals surface area contributed by atoms with Crippen LogP contribution >= 0.6 is 0 Å². The predicted octanol–water partition coefficient (Wildman–Crippen LogP) is 1.49. The van der Waals surface area contributed by atoms with Gasteiger partial charge < -0.3 is 20.9 Å². The molecule has 1 fully saturated rings.